The minimum atomic E-state index is -1.05. The molecular weight excluding hydrogens is 405 g/mol. The summed E-state index contributed by atoms with van der Waals surface area (Å²) in [6, 6.07) is 13.4. The summed E-state index contributed by atoms with van der Waals surface area (Å²) in [5.74, 6) is -1.66. The zero-order valence-corrected chi connectivity index (χ0v) is 17.5. The van der Waals surface area contributed by atoms with Gasteiger partial charge in [0.15, 0.2) is 5.13 Å². The first-order valence-electron chi connectivity index (χ1n) is 9.40. The number of hydrogen-bond acceptors (Lipinski definition) is 5. The van der Waals surface area contributed by atoms with Gasteiger partial charge in [0.2, 0.25) is 0 Å². The lowest BCUT2D eigenvalue weighted by Gasteiger charge is -2.20. The van der Waals surface area contributed by atoms with Gasteiger partial charge < -0.3 is 14.9 Å². The zero-order valence-electron chi connectivity index (χ0n) is 16.7. The Morgan fingerprint density at radius 2 is 1.77 bits per heavy atom. The van der Waals surface area contributed by atoms with E-state index < -0.39 is 5.97 Å². The number of amides is 1. The van der Waals surface area contributed by atoms with Crippen LogP contribution in [0.2, 0.25) is 0 Å². The van der Waals surface area contributed by atoms with Crippen molar-refractivity contribution in [3.05, 3.63) is 70.9 Å². The van der Waals surface area contributed by atoms with Gasteiger partial charge in [-0.25, -0.2) is 9.37 Å². The Labute approximate surface area is 178 Å². The highest BCUT2D eigenvalue weighted by Gasteiger charge is 2.15. The van der Waals surface area contributed by atoms with Crippen LogP contribution in [0.5, 0.6) is 0 Å². The Morgan fingerprint density at radius 3 is 2.37 bits per heavy atom. The predicted octanol–water partition coefficient (Wildman–Crippen LogP) is 4.13. The quantitative estimate of drug-likeness (QED) is 0.585. The molecule has 30 heavy (non-hydrogen) atoms. The molecule has 3 aromatic rings. The van der Waals surface area contributed by atoms with Crippen molar-refractivity contribution in [3.8, 4) is 11.3 Å². The largest absolute Gasteiger partial charge is 0.480 e. The van der Waals surface area contributed by atoms with Gasteiger partial charge in [-0.1, -0.05) is 12.1 Å². The standard InChI is InChI=1S/C22H22FN3O3S/c1-3-26(22-24-19(14-30-22)16-8-10-18(23)11-9-16)12-15-4-6-17(7-5-15)21(29)25(2)13-20(27)28/h4-11,14H,3,12-13H2,1-2H3,(H,27,28). The van der Waals surface area contributed by atoms with E-state index in [2.05, 4.69) is 9.88 Å². The third-order valence-corrected chi connectivity index (χ3v) is 5.48. The van der Waals surface area contributed by atoms with E-state index in [1.807, 2.05) is 24.4 Å². The summed E-state index contributed by atoms with van der Waals surface area (Å²) in [6.07, 6.45) is 0. The third kappa shape index (κ3) is 5.21. The Hall–Kier alpha value is -3.26. The van der Waals surface area contributed by atoms with Crippen LogP contribution in [0.25, 0.3) is 11.3 Å². The summed E-state index contributed by atoms with van der Waals surface area (Å²) in [6.45, 7) is 3.06. The van der Waals surface area contributed by atoms with Crippen LogP contribution in [0, 0.1) is 5.82 Å². The van der Waals surface area contributed by atoms with Gasteiger partial charge >= 0.3 is 5.97 Å². The number of thiazole rings is 1. The minimum Gasteiger partial charge on any atom is -0.480 e. The van der Waals surface area contributed by atoms with Crippen molar-refractivity contribution in [2.75, 3.05) is 25.0 Å². The molecule has 1 N–H and O–H groups in total. The fourth-order valence-corrected chi connectivity index (χ4v) is 3.85. The molecule has 0 aliphatic heterocycles. The average molecular weight is 428 g/mol. The molecule has 0 aliphatic carbocycles. The number of carbonyl (C=O) groups excluding carboxylic acids is 1. The Morgan fingerprint density at radius 1 is 1.10 bits per heavy atom. The van der Waals surface area contributed by atoms with E-state index >= 15 is 0 Å². The van der Waals surface area contributed by atoms with Gasteiger partial charge in [-0.15, -0.1) is 11.3 Å². The molecule has 0 saturated heterocycles. The number of carboxylic acids is 1. The molecule has 0 fully saturated rings. The van der Waals surface area contributed by atoms with E-state index in [9.17, 15) is 14.0 Å². The van der Waals surface area contributed by atoms with E-state index in [0.29, 0.717) is 12.1 Å². The summed E-state index contributed by atoms with van der Waals surface area (Å²) >= 11 is 1.52. The number of halogens is 1. The average Bonchev–Trinajstić information content (AvgIpc) is 3.22. The van der Waals surface area contributed by atoms with Crippen LogP contribution in [0.3, 0.4) is 0 Å². The Bertz CT molecular complexity index is 1020. The third-order valence-electron chi connectivity index (χ3n) is 4.58. The van der Waals surface area contributed by atoms with E-state index in [1.165, 1.54) is 35.4 Å². The highest BCUT2D eigenvalue weighted by molar-refractivity contribution is 7.14. The molecule has 0 saturated carbocycles. The molecule has 0 unspecified atom stereocenters. The molecule has 0 aliphatic rings. The molecule has 156 valence electrons. The molecule has 2 aromatic carbocycles. The fourth-order valence-electron chi connectivity index (χ4n) is 2.95. The SMILES string of the molecule is CCN(Cc1ccc(C(=O)N(C)CC(=O)O)cc1)c1nc(-c2ccc(F)cc2)cs1. The second kappa shape index (κ2) is 9.49. The van der Waals surface area contributed by atoms with Gasteiger partial charge in [0, 0.05) is 36.6 Å². The van der Waals surface area contributed by atoms with Crippen LogP contribution in [0.1, 0.15) is 22.8 Å². The van der Waals surface area contributed by atoms with E-state index in [4.69, 9.17) is 5.11 Å². The molecule has 1 heterocycles. The number of aliphatic carboxylic acids is 1. The van der Waals surface area contributed by atoms with Crippen LogP contribution >= 0.6 is 11.3 Å². The second-order valence-electron chi connectivity index (χ2n) is 6.79. The number of anilines is 1. The highest BCUT2D eigenvalue weighted by atomic mass is 32.1. The summed E-state index contributed by atoms with van der Waals surface area (Å²) in [4.78, 5) is 31.0. The molecule has 0 radical (unpaired) electrons. The van der Waals surface area contributed by atoms with Crippen molar-refractivity contribution in [2.24, 2.45) is 0 Å². The molecule has 1 aromatic heterocycles. The summed E-state index contributed by atoms with van der Waals surface area (Å²) < 4.78 is 13.1. The molecular formula is C22H22FN3O3S. The van der Waals surface area contributed by atoms with Gasteiger partial charge in [0.25, 0.3) is 5.91 Å². The second-order valence-corrected chi connectivity index (χ2v) is 7.62. The van der Waals surface area contributed by atoms with Crippen molar-refractivity contribution in [1.29, 1.82) is 0 Å². The Kier molecular flexibility index (Phi) is 6.79. The predicted molar refractivity (Wildman–Crippen MR) is 115 cm³/mol. The fraction of sp³-hybridized carbons (Fsp3) is 0.227. The normalized spacial score (nSPS) is 10.6. The lowest BCUT2D eigenvalue weighted by molar-refractivity contribution is -0.137. The van der Waals surface area contributed by atoms with Gasteiger partial charge in [0.1, 0.15) is 12.4 Å². The summed E-state index contributed by atoms with van der Waals surface area (Å²) in [7, 11) is 1.46. The maximum atomic E-state index is 13.1. The van der Waals surface area contributed by atoms with Crippen molar-refractivity contribution in [3.63, 3.8) is 0 Å². The topological polar surface area (TPSA) is 73.7 Å². The van der Waals surface area contributed by atoms with Crippen molar-refractivity contribution in [1.82, 2.24) is 9.88 Å². The van der Waals surface area contributed by atoms with Crippen LogP contribution < -0.4 is 4.90 Å². The highest BCUT2D eigenvalue weighted by Crippen LogP contribution is 2.28. The maximum absolute atomic E-state index is 13.1. The molecule has 3 rings (SSSR count). The molecule has 0 atom stereocenters. The minimum absolute atomic E-state index is 0.277. The van der Waals surface area contributed by atoms with Crippen molar-refractivity contribution in [2.45, 2.75) is 13.5 Å². The number of likely N-dealkylation sites (N-methyl/N-ethyl adjacent to an activating group) is 1. The maximum Gasteiger partial charge on any atom is 0.323 e. The van der Waals surface area contributed by atoms with Gasteiger partial charge in [0.05, 0.1) is 5.69 Å². The van der Waals surface area contributed by atoms with E-state index in [-0.39, 0.29) is 18.3 Å². The van der Waals surface area contributed by atoms with Gasteiger partial charge in [-0.05, 0) is 48.9 Å². The molecule has 8 heteroatoms. The van der Waals surface area contributed by atoms with E-state index in [1.54, 1.807) is 24.3 Å². The number of aromatic nitrogens is 1. The number of carboxylic acid groups (broad SMARTS) is 1. The van der Waals surface area contributed by atoms with Gasteiger partial charge in [-0.2, -0.15) is 0 Å². The number of rotatable bonds is 8. The monoisotopic (exact) mass is 427 g/mol. The first-order valence-corrected chi connectivity index (χ1v) is 10.3. The molecule has 6 nitrogen and oxygen atoms in total. The number of carbonyl (C=O) groups is 2. The first-order chi connectivity index (χ1) is 14.4. The number of nitrogens with zero attached hydrogens (tertiary/aromatic N) is 3. The first kappa shape index (κ1) is 21.4. The van der Waals surface area contributed by atoms with Crippen molar-refractivity contribution >= 4 is 28.3 Å². The van der Waals surface area contributed by atoms with Crippen LogP contribution in [0.15, 0.2) is 53.9 Å². The number of hydrogen-bond donors (Lipinski definition) is 1. The molecule has 0 bridgehead atoms. The Balaban J connectivity index is 1.69. The van der Waals surface area contributed by atoms with Gasteiger partial charge in [-0.3, -0.25) is 9.59 Å². The smallest absolute Gasteiger partial charge is 0.323 e. The summed E-state index contributed by atoms with van der Waals surface area (Å²) in [5, 5.41) is 11.6. The number of benzene rings is 2. The lowest BCUT2D eigenvalue weighted by Crippen LogP contribution is -2.31. The molecule has 1 amide bonds. The lowest BCUT2D eigenvalue weighted by atomic mass is 10.1. The zero-order chi connectivity index (χ0) is 21.7. The van der Waals surface area contributed by atoms with Crippen LogP contribution in [-0.2, 0) is 11.3 Å². The summed E-state index contributed by atoms with van der Waals surface area (Å²) in [5.41, 5.74) is 3.12. The molecule has 0 spiro atoms. The van der Waals surface area contributed by atoms with E-state index in [0.717, 1.165) is 28.5 Å². The van der Waals surface area contributed by atoms with Crippen LogP contribution in [0.4, 0.5) is 9.52 Å². The van der Waals surface area contributed by atoms with Crippen molar-refractivity contribution < 1.29 is 19.1 Å². The van der Waals surface area contributed by atoms with Crippen LogP contribution in [-0.4, -0.2) is 47.0 Å².